The summed E-state index contributed by atoms with van der Waals surface area (Å²) in [6.07, 6.45) is 0. The van der Waals surface area contributed by atoms with Gasteiger partial charge in [0, 0.05) is 21.7 Å². The van der Waals surface area contributed by atoms with Gasteiger partial charge in [-0.25, -0.2) is 0 Å². The molecule has 4 heteroatoms. The first kappa shape index (κ1) is 39.4. The summed E-state index contributed by atoms with van der Waals surface area (Å²) in [5.41, 5.74) is 0. The van der Waals surface area contributed by atoms with E-state index < -0.39 is 0 Å². The van der Waals surface area contributed by atoms with Gasteiger partial charge in [-0.05, 0) is 11.0 Å². The van der Waals surface area contributed by atoms with Gasteiger partial charge in [0.05, 0.1) is 0 Å². The van der Waals surface area contributed by atoms with E-state index in [4.69, 9.17) is 0 Å². The second-order valence-corrected chi connectivity index (χ2v) is 0. The van der Waals surface area contributed by atoms with Crippen LogP contribution in [0.1, 0.15) is 0 Å². The molecule has 0 heterocycles. The minimum atomic E-state index is 0. The van der Waals surface area contributed by atoms with Crippen LogP contribution in [0.4, 0.5) is 0 Å². The van der Waals surface area contributed by atoms with Crippen LogP contribution >= 0.6 is 9.90 Å². The average Bonchev–Trinajstić information content (AvgIpc) is 0. The fourth-order valence-corrected chi connectivity index (χ4v) is 0. The Morgan fingerprint density at radius 3 is 1.00 bits per heavy atom. The molecule has 0 saturated carbocycles. The fourth-order valence-electron chi connectivity index (χ4n) is 0. The number of hydrogen-bond donors (Lipinski definition) is 0. The molecule has 0 amide bonds. The molecule has 0 saturated heterocycles. The van der Waals surface area contributed by atoms with E-state index in [2.05, 4.69) is 0 Å². The van der Waals surface area contributed by atoms with Crippen molar-refractivity contribution >= 4 is 38.2 Å². The molecule has 0 rings (SSSR count). The number of rotatable bonds is 0. The molecule has 0 N–H and O–H groups in total. The van der Waals surface area contributed by atoms with Crippen molar-refractivity contribution in [3.63, 3.8) is 0 Å². The van der Waals surface area contributed by atoms with Gasteiger partial charge in [-0.15, -0.1) is 0 Å². The van der Waals surface area contributed by atoms with E-state index in [0.717, 1.165) is 0 Å². The molecule has 0 aromatic carbocycles. The third kappa shape index (κ3) is 9.09. The van der Waals surface area contributed by atoms with E-state index in [1.807, 2.05) is 0 Å². The van der Waals surface area contributed by atoms with Crippen molar-refractivity contribution in [1.29, 1.82) is 0 Å². The molecule has 0 bridgehead atoms. The first-order valence-electron chi connectivity index (χ1n) is 0. The Balaban J connectivity index is 0. The zero-order chi connectivity index (χ0) is 0. The van der Waals surface area contributed by atoms with Crippen molar-refractivity contribution in [3.8, 4) is 0 Å². The van der Waals surface area contributed by atoms with E-state index in [0.29, 0.717) is 0 Å². The SMILES string of the molecule is P.[AlH3].[SiH3].[Ti]. The molecule has 0 aliphatic heterocycles. The molecule has 1 radical (unpaired) electrons. The standard InChI is InChI=1S/Al.H3P.H3Si.Ti.3H/h;2*1H3;;;;. The minimum Gasteiger partial charge on any atom is -0.153 e. The van der Waals surface area contributed by atoms with Gasteiger partial charge < -0.3 is 0 Å². The zero-order valence-corrected chi connectivity index (χ0v) is 7.18. The van der Waals surface area contributed by atoms with Gasteiger partial charge in [0.1, 0.15) is 0 Å². The summed E-state index contributed by atoms with van der Waals surface area (Å²) in [6, 6.07) is 0. The average molecular weight is 143 g/mol. The predicted molar refractivity (Wildman–Crippen MR) is 31.0 cm³/mol. The van der Waals surface area contributed by atoms with Crippen LogP contribution in [0.5, 0.6) is 0 Å². The first-order valence-corrected chi connectivity index (χ1v) is 0. The van der Waals surface area contributed by atoms with Crippen LogP contribution in [0.15, 0.2) is 0 Å². The van der Waals surface area contributed by atoms with E-state index in [9.17, 15) is 0 Å². The van der Waals surface area contributed by atoms with Gasteiger partial charge in [0.2, 0.25) is 0 Å². The van der Waals surface area contributed by atoms with Crippen molar-refractivity contribution in [2.45, 2.75) is 0 Å². The van der Waals surface area contributed by atoms with Crippen LogP contribution in [-0.2, 0) is 21.7 Å². The topological polar surface area (TPSA) is 0 Å². The molecule has 0 fully saturated rings. The molecule has 0 aromatic rings. The molecule has 25 valence electrons. The third-order valence-electron chi connectivity index (χ3n) is 0. The molecular formula is H9AlPSiTi. The maximum atomic E-state index is 0. The molecule has 0 aromatic heterocycles. The Hall–Kier alpha value is 1.89. The van der Waals surface area contributed by atoms with Gasteiger partial charge in [0.25, 0.3) is 0 Å². The summed E-state index contributed by atoms with van der Waals surface area (Å²) in [6.45, 7) is 0. The molecule has 0 spiro atoms. The summed E-state index contributed by atoms with van der Waals surface area (Å²) in [4.78, 5) is 0. The van der Waals surface area contributed by atoms with E-state index in [1.54, 1.807) is 0 Å². The smallest absolute Gasteiger partial charge is 0.153 e. The van der Waals surface area contributed by atoms with Gasteiger partial charge in [0.15, 0.2) is 17.4 Å². The van der Waals surface area contributed by atoms with Crippen LogP contribution in [0.2, 0.25) is 0 Å². The van der Waals surface area contributed by atoms with Crippen molar-refractivity contribution in [2.75, 3.05) is 0 Å². The van der Waals surface area contributed by atoms with Crippen molar-refractivity contribution in [3.05, 3.63) is 0 Å². The minimum absolute atomic E-state index is 0. The summed E-state index contributed by atoms with van der Waals surface area (Å²) in [7, 11) is 0. The Bertz CT molecular complexity index is 8.00. The fraction of sp³-hybridized carbons (Fsp3) is 0. The molecule has 4 heavy (non-hydrogen) atoms. The van der Waals surface area contributed by atoms with E-state index in [-0.39, 0.29) is 59.9 Å². The van der Waals surface area contributed by atoms with Gasteiger partial charge >= 0.3 is 0 Å². The maximum Gasteiger partial charge on any atom is 0.187 e. The van der Waals surface area contributed by atoms with E-state index >= 15 is 0 Å². The molecular weight excluding hydrogens is 134 g/mol. The normalized spacial score (nSPS) is 0. The Morgan fingerprint density at radius 2 is 1.00 bits per heavy atom. The third-order valence-corrected chi connectivity index (χ3v) is 0. The van der Waals surface area contributed by atoms with Crippen LogP contribution in [0.3, 0.4) is 0 Å². The first-order chi connectivity index (χ1) is 0. The Morgan fingerprint density at radius 1 is 1.00 bits per heavy atom. The Labute approximate surface area is 59.8 Å². The van der Waals surface area contributed by atoms with E-state index in [1.165, 1.54) is 0 Å². The second kappa shape index (κ2) is 20.7. The van der Waals surface area contributed by atoms with Gasteiger partial charge in [-0.3, -0.25) is 0 Å². The maximum absolute atomic E-state index is 0. The quantitative estimate of drug-likeness (QED) is 0.264. The molecule has 0 nitrogen and oxygen atoms in total. The summed E-state index contributed by atoms with van der Waals surface area (Å²) in [5.74, 6) is 0. The number of hydrogen-bond acceptors (Lipinski definition) is 0. The van der Waals surface area contributed by atoms with Crippen LogP contribution in [0, 0.1) is 0 Å². The predicted octanol–water partition coefficient (Wildman–Crippen LogP) is -2.31. The monoisotopic (exact) mass is 143 g/mol. The molecule has 1 atom stereocenters. The molecule has 0 aliphatic carbocycles. The Kier molecular flexibility index (Phi) is 204. The van der Waals surface area contributed by atoms with Crippen molar-refractivity contribution < 1.29 is 21.7 Å². The summed E-state index contributed by atoms with van der Waals surface area (Å²) in [5, 5.41) is 0. The largest absolute Gasteiger partial charge is 0.187 e. The molecule has 1 unspecified atom stereocenters. The van der Waals surface area contributed by atoms with Crippen LogP contribution in [0.25, 0.3) is 0 Å². The summed E-state index contributed by atoms with van der Waals surface area (Å²) >= 11 is 0. The van der Waals surface area contributed by atoms with Gasteiger partial charge in [-0.2, -0.15) is 9.90 Å². The second-order valence-electron chi connectivity index (χ2n) is 0. The van der Waals surface area contributed by atoms with Crippen LogP contribution in [-0.4, -0.2) is 28.3 Å². The van der Waals surface area contributed by atoms with Crippen molar-refractivity contribution in [1.82, 2.24) is 0 Å². The van der Waals surface area contributed by atoms with Crippen molar-refractivity contribution in [2.24, 2.45) is 0 Å². The van der Waals surface area contributed by atoms with Gasteiger partial charge in [-0.1, -0.05) is 0 Å². The van der Waals surface area contributed by atoms with Crippen LogP contribution < -0.4 is 0 Å². The zero-order valence-electron chi connectivity index (χ0n) is 2.21. The summed E-state index contributed by atoms with van der Waals surface area (Å²) < 4.78 is 0. The molecule has 0 aliphatic rings.